The fourth-order valence-corrected chi connectivity index (χ4v) is 3.65. The molecular formula is C10H22N2O2S. The Hall–Kier alpha value is -0.130. The van der Waals surface area contributed by atoms with E-state index in [9.17, 15) is 8.42 Å². The van der Waals surface area contributed by atoms with E-state index in [1.54, 1.807) is 0 Å². The third-order valence-electron chi connectivity index (χ3n) is 2.66. The molecule has 0 amide bonds. The number of sulfonamides is 1. The predicted molar refractivity (Wildman–Crippen MR) is 62.0 cm³/mol. The minimum Gasteiger partial charge on any atom is -0.329 e. The second kappa shape index (κ2) is 4.39. The van der Waals surface area contributed by atoms with E-state index in [1.165, 1.54) is 0 Å². The third kappa shape index (κ3) is 3.74. The third-order valence-corrected chi connectivity index (χ3v) is 4.79. The zero-order valence-electron chi connectivity index (χ0n) is 9.79. The Balaban J connectivity index is 2.66. The van der Waals surface area contributed by atoms with Gasteiger partial charge in [0.05, 0.1) is 5.25 Å². The smallest absolute Gasteiger partial charge is 0.215 e. The molecule has 0 aromatic rings. The van der Waals surface area contributed by atoms with Gasteiger partial charge in [0, 0.05) is 12.1 Å². The van der Waals surface area contributed by atoms with Crippen molar-refractivity contribution in [3.05, 3.63) is 0 Å². The fourth-order valence-electron chi connectivity index (χ4n) is 1.87. The quantitative estimate of drug-likeness (QED) is 0.715. The maximum absolute atomic E-state index is 11.8. The van der Waals surface area contributed by atoms with Gasteiger partial charge in [-0.3, -0.25) is 0 Å². The average Bonchev–Trinajstić information content (AvgIpc) is 2.83. The van der Waals surface area contributed by atoms with Crippen LogP contribution >= 0.6 is 0 Å². The molecule has 1 aliphatic carbocycles. The molecule has 1 aliphatic rings. The molecule has 1 atom stereocenters. The van der Waals surface area contributed by atoms with Crippen LogP contribution in [0.5, 0.6) is 0 Å². The molecule has 3 N–H and O–H groups in total. The van der Waals surface area contributed by atoms with Gasteiger partial charge in [0.1, 0.15) is 0 Å². The van der Waals surface area contributed by atoms with Crippen LogP contribution in [0.15, 0.2) is 0 Å². The summed E-state index contributed by atoms with van der Waals surface area (Å²) in [7, 11) is -3.13. The summed E-state index contributed by atoms with van der Waals surface area (Å²) in [6.07, 6.45) is 2.35. The molecule has 1 rings (SSSR count). The van der Waals surface area contributed by atoms with Gasteiger partial charge in [-0.1, -0.05) is 13.8 Å². The summed E-state index contributed by atoms with van der Waals surface area (Å²) in [4.78, 5) is 0. The Morgan fingerprint density at radius 2 is 2.00 bits per heavy atom. The maximum Gasteiger partial charge on any atom is 0.215 e. The van der Waals surface area contributed by atoms with Crippen molar-refractivity contribution in [2.45, 2.75) is 50.8 Å². The Kier molecular flexibility index (Phi) is 3.79. The molecule has 0 saturated heterocycles. The van der Waals surface area contributed by atoms with E-state index in [2.05, 4.69) is 18.6 Å². The van der Waals surface area contributed by atoms with E-state index in [-0.39, 0.29) is 5.25 Å². The SMILES string of the molecule is CC(C)CC(C)(CN)NS(=O)(=O)C1CC1. The summed E-state index contributed by atoms with van der Waals surface area (Å²) >= 11 is 0. The molecule has 1 fully saturated rings. The van der Waals surface area contributed by atoms with Gasteiger partial charge < -0.3 is 5.73 Å². The van der Waals surface area contributed by atoms with Crippen LogP contribution in [-0.4, -0.2) is 25.8 Å². The molecule has 15 heavy (non-hydrogen) atoms. The van der Waals surface area contributed by atoms with Gasteiger partial charge in [0.2, 0.25) is 10.0 Å². The zero-order valence-corrected chi connectivity index (χ0v) is 10.6. The topological polar surface area (TPSA) is 72.2 Å². The van der Waals surface area contributed by atoms with Crippen LogP contribution in [0.25, 0.3) is 0 Å². The van der Waals surface area contributed by atoms with Gasteiger partial charge in [-0.2, -0.15) is 0 Å². The molecule has 0 aliphatic heterocycles. The summed E-state index contributed by atoms with van der Waals surface area (Å²) in [5.41, 5.74) is 5.17. The van der Waals surface area contributed by atoms with Gasteiger partial charge in [-0.05, 0) is 32.1 Å². The number of hydrogen-bond acceptors (Lipinski definition) is 3. The van der Waals surface area contributed by atoms with Crippen LogP contribution in [0.3, 0.4) is 0 Å². The van der Waals surface area contributed by atoms with Gasteiger partial charge >= 0.3 is 0 Å². The highest BCUT2D eigenvalue weighted by atomic mass is 32.2. The summed E-state index contributed by atoms with van der Waals surface area (Å²) in [6.45, 7) is 6.36. The van der Waals surface area contributed by atoms with Gasteiger partial charge in [0.15, 0.2) is 0 Å². The second-order valence-corrected chi connectivity index (χ2v) is 7.17. The molecule has 0 bridgehead atoms. The van der Waals surface area contributed by atoms with Crippen LogP contribution in [0.1, 0.15) is 40.0 Å². The minimum absolute atomic E-state index is 0.171. The fraction of sp³-hybridized carbons (Fsp3) is 1.00. The van der Waals surface area contributed by atoms with Crippen LogP contribution < -0.4 is 10.5 Å². The van der Waals surface area contributed by atoms with Crippen molar-refractivity contribution in [1.82, 2.24) is 4.72 Å². The standard InChI is InChI=1S/C10H22N2O2S/c1-8(2)6-10(3,7-11)12-15(13,14)9-4-5-9/h8-9,12H,4-7,11H2,1-3H3. The van der Waals surface area contributed by atoms with Crippen LogP contribution in [0.2, 0.25) is 0 Å². The van der Waals surface area contributed by atoms with Crippen LogP contribution in [0, 0.1) is 5.92 Å². The zero-order chi connectivity index (χ0) is 11.7. The van der Waals surface area contributed by atoms with Crippen molar-refractivity contribution in [2.24, 2.45) is 11.7 Å². The lowest BCUT2D eigenvalue weighted by Gasteiger charge is -2.30. The molecule has 4 nitrogen and oxygen atoms in total. The first-order valence-electron chi connectivity index (χ1n) is 5.52. The van der Waals surface area contributed by atoms with Gasteiger partial charge in [-0.25, -0.2) is 13.1 Å². The Bertz CT molecular complexity index is 309. The second-order valence-electron chi connectivity index (χ2n) is 5.21. The number of nitrogens with one attached hydrogen (secondary N) is 1. The minimum atomic E-state index is -3.13. The number of nitrogens with two attached hydrogens (primary N) is 1. The molecule has 1 unspecified atom stereocenters. The van der Waals surface area contributed by atoms with E-state index < -0.39 is 15.6 Å². The van der Waals surface area contributed by atoms with E-state index in [4.69, 9.17) is 5.73 Å². The number of rotatable bonds is 6. The highest BCUT2D eigenvalue weighted by Crippen LogP contribution is 2.29. The lowest BCUT2D eigenvalue weighted by atomic mass is 9.92. The molecule has 0 radical (unpaired) electrons. The summed E-state index contributed by atoms with van der Waals surface area (Å²) in [6, 6.07) is 0. The first kappa shape index (κ1) is 12.9. The van der Waals surface area contributed by atoms with Crippen molar-refractivity contribution in [2.75, 3.05) is 6.54 Å². The lowest BCUT2D eigenvalue weighted by molar-refractivity contribution is 0.344. The normalized spacial score (nSPS) is 21.7. The highest BCUT2D eigenvalue weighted by molar-refractivity contribution is 7.90. The molecule has 0 aromatic heterocycles. The Morgan fingerprint density at radius 1 is 1.47 bits per heavy atom. The van der Waals surface area contributed by atoms with Crippen LogP contribution in [0.4, 0.5) is 0 Å². The molecule has 0 spiro atoms. The summed E-state index contributed by atoms with van der Waals surface area (Å²) in [5, 5.41) is -0.171. The summed E-state index contributed by atoms with van der Waals surface area (Å²) in [5.74, 6) is 0.431. The molecule has 1 saturated carbocycles. The van der Waals surface area contributed by atoms with Gasteiger partial charge in [-0.15, -0.1) is 0 Å². The number of hydrogen-bond donors (Lipinski definition) is 2. The van der Waals surface area contributed by atoms with Crippen LogP contribution in [-0.2, 0) is 10.0 Å². The first-order chi connectivity index (χ1) is 6.79. The molecular weight excluding hydrogens is 212 g/mol. The maximum atomic E-state index is 11.8. The van der Waals surface area contributed by atoms with E-state index in [1.807, 2.05) is 6.92 Å². The van der Waals surface area contributed by atoms with Crippen molar-refractivity contribution in [3.8, 4) is 0 Å². The van der Waals surface area contributed by atoms with E-state index >= 15 is 0 Å². The largest absolute Gasteiger partial charge is 0.329 e. The summed E-state index contributed by atoms with van der Waals surface area (Å²) < 4.78 is 26.3. The monoisotopic (exact) mass is 234 g/mol. The molecule has 5 heteroatoms. The Morgan fingerprint density at radius 3 is 2.33 bits per heavy atom. The first-order valence-corrected chi connectivity index (χ1v) is 7.06. The van der Waals surface area contributed by atoms with Crippen molar-refractivity contribution >= 4 is 10.0 Å². The molecule has 0 heterocycles. The van der Waals surface area contributed by atoms with E-state index in [0.717, 1.165) is 19.3 Å². The van der Waals surface area contributed by atoms with Gasteiger partial charge in [0.25, 0.3) is 0 Å². The van der Waals surface area contributed by atoms with E-state index in [0.29, 0.717) is 12.5 Å². The van der Waals surface area contributed by atoms with Crippen molar-refractivity contribution < 1.29 is 8.42 Å². The highest BCUT2D eigenvalue weighted by Gasteiger charge is 2.40. The van der Waals surface area contributed by atoms with Crippen molar-refractivity contribution in [3.63, 3.8) is 0 Å². The van der Waals surface area contributed by atoms with Crippen molar-refractivity contribution in [1.29, 1.82) is 0 Å². The Labute approximate surface area is 92.7 Å². The average molecular weight is 234 g/mol. The predicted octanol–water partition coefficient (Wildman–Crippen LogP) is 0.832. The molecule has 0 aromatic carbocycles. The lowest BCUT2D eigenvalue weighted by Crippen LogP contribution is -2.52. The molecule has 90 valence electrons.